The molecule has 1 heterocycles. The lowest BCUT2D eigenvalue weighted by Crippen LogP contribution is -2.42. The highest BCUT2D eigenvalue weighted by molar-refractivity contribution is 6.36. The van der Waals surface area contributed by atoms with E-state index in [-0.39, 0.29) is 5.02 Å². The molecule has 30 heavy (non-hydrogen) atoms. The predicted octanol–water partition coefficient (Wildman–Crippen LogP) is 4.55. The first-order valence-corrected chi connectivity index (χ1v) is 9.92. The highest BCUT2D eigenvalue weighted by Crippen LogP contribution is 2.34. The second-order valence-corrected chi connectivity index (χ2v) is 7.99. The number of imide groups is 1. The lowest BCUT2D eigenvalue weighted by molar-refractivity contribution is -0.133. The quantitative estimate of drug-likeness (QED) is 0.582. The van der Waals surface area contributed by atoms with Gasteiger partial charge < -0.3 is 10.6 Å². The molecule has 1 aliphatic heterocycles. The second kappa shape index (κ2) is 7.63. The number of amides is 4. The minimum absolute atomic E-state index is 0.258. The van der Waals surface area contributed by atoms with E-state index in [4.69, 9.17) is 23.2 Å². The summed E-state index contributed by atoms with van der Waals surface area (Å²) in [6.45, 7) is 1.20. The van der Waals surface area contributed by atoms with Crippen LogP contribution in [0.5, 0.6) is 0 Å². The summed E-state index contributed by atoms with van der Waals surface area (Å²) in [4.78, 5) is 39.2. The molecule has 1 aliphatic rings. The number of nitrogens with zero attached hydrogens (tertiary/aromatic N) is 1. The molecular formula is C22H17Cl2N3O3. The SMILES string of the molecule is CC1(c2cccc3ccccc23)NC(=O)N(CC(=O)Nc2ccc(Cl)cc2Cl)C1=O. The van der Waals surface area contributed by atoms with E-state index in [0.29, 0.717) is 16.3 Å². The summed E-state index contributed by atoms with van der Waals surface area (Å²) in [6, 6.07) is 17.2. The van der Waals surface area contributed by atoms with Crippen molar-refractivity contribution in [3.05, 3.63) is 76.3 Å². The van der Waals surface area contributed by atoms with E-state index in [1.807, 2.05) is 36.4 Å². The van der Waals surface area contributed by atoms with Crippen LogP contribution < -0.4 is 10.6 Å². The Kier molecular flexibility index (Phi) is 5.13. The molecule has 3 aromatic carbocycles. The average molecular weight is 442 g/mol. The van der Waals surface area contributed by atoms with Crippen molar-refractivity contribution < 1.29 is 14.4 Å². The normalized spacial score (nSPS) is 18.6. The van der Waals surface area contributed by atoms with Crippen LogP contribution in [0.4, 0.5) is 10.5 Å². The smallest absolute Gasteiger partial charge is 0.323 e. The van der Waals surface area contributed by atoms with Gasteiger partial charge in [-0.15, -0.1) is 0 Å². The molecule has 4 rings (SSSR count). The number of benzene rings is 3. The first kappa shape index (κ1) is 20.2. The van der Waals surface area contributed by atoms with E-state index >= 15 is 0 Å². The molecule has 1 fully saturated rings. The van der Waals surface area contributed by atoms with Crippen LogP contribution in [-0.2, 0) is 15.1 Å². The Hall–Kier alpha value is -3.09. The van der Waals surface area contributed by atoms with Crippen LogP contribution in [0, 0.1) is 0 Å². The molecule has 0 aliphatic carbocycles. The van der Waals surface area contributed by atoms with E-state index in [1.165, 1.54) is 6.07 Å². The van der Waals surface area contributed by atoms with E-state index in [1.54, 1.807) is 25.1 Å². The maximum Gasteiger partial charge on any atom is 0.325 e. The first-order valence-electron chi connectivity index (χ1n) is 9.17. The van der Waals surface area contributed by atoms with Crippen LogP contribution in [0.2, 0.25) is 10.0 Å². The number of anilines is 1. The molecule has 0 bridgehead atoms. The van der Waals surface area contributed by atoms with Crippen molar-refractivity contribution in [1.29, 1.82) is 0 Å². The molecule has 1 unspecified atom stereocenters. The Bertz CT molecular complexity index is 1190. The van der Waals surface area contributed by atoms with Gasteiger partial charge in [-0.25, -0.2) is 4.79 Å². The lowest BCUT2D eigenvalue weighted by atomic mass is 9.88. The highest BCUT2D eigenvalue weighted by Gasteiger charge is 2.50. The van der Waals surface area contributed by atoms with Crippen molar-refractivity contribution >= 4 is 57.5 Å². The van der Waals surface area contributed by atoms with Gasteiger partial charge in [0.05, 0.1) is 10.7 Å². The number of hydrogen-bond donors (Lipinski definition) is 2. The van der Waals surface area contributed by atoms with Crippen LogP contribution >= 0.6 is 23.2 Å². The average Bonchev–Trinajstić information content (AvgIpc) is 2.93. The van der Waals surface area contributed by atoms with Gasteiger partial charge in [0.25, 0.3) is 5.91 Å². The molecule has 6 nitrogen and oxygen atoms in total. The van der Waals surface area contributed by atoms with Gasteiger partial charge in [0.15, 0.2) is 0 Å². The number of halogens is 2. The number of carbonyl (C=O) groups excluding carboxylic acids is 3. The van der Waals surface area contributed by atoms with Crippen molar-refractivity contribution in [3.63, 3.8) is 0 Å². The Labute approximate surface area is 182 Å². The zero-order valence-electron chi connectivity index (χ0n) is 15.9. The molecule has 4 amide bonds. The summed E-state index contributed by atoms with van der Waals surface area (Å²) in [6.07, 6.45) is 0. The minimum Gasteiger partial charge on any atom is -0.323 e. The van der Waals surface area contributed by atoms with E-state index in [2.05, 4.69) is 10.6 Å². The van der Waals surface area contributed by atoms with Crippen LogP contribution in [0.3, 0.4) is 0 Å². The predicted molar refractivity (Wildman–Crippen MR) is 117 cm³/mol. The number of fused-ring (bicyclic) bond motifs is 1. The van der Waals surface area contributed by atoms with E-state index < -0.39 is 29.9 Å². The zero-order valence-corrected chi connectivity index (χ0v) is 17.4. The maximum atomic E-state index is 13.2. The summed E-state index contributed by atoms with van der Waals surface area (Å²) in [7, 11) is 0. The van der Waals surface area contributed by atoms with Crippen LogP contribution in [0.15, 0.2) is 60.7 Å². The molecule has 1 saturated heterocycles. The number of hydrogen-bond acceptors (Lipinski definition) is 3. The topological polar surface area (TPSA) is 78.5 Å². The molecule has 3 aromatic rings. The third-order valence-electron chi connectivity index (χ3n) is 5.11. The molecule has 0 saturated carbocycles. The standard InChI is InChI=1S/C22H17Cl2N3O3/c1-22(16-8-4-6-13-5-2-3-7-15(13)16)20(29)27(21(30)26-22)12-19(28)25-18-10-9-14(23)11-17(18)24/h2-11H,12H2,1H3,(H,25,28)(H,26,30). The van der Waals surface area contributed by atoms with E-state index in [9.17, 15) is 14.4 Å². The van der Waals surface area contributed by atoms with Crippen molar-refractivity contribution in [2.24, 2.45) is 0 Å². The van der Waals surface area contributed by atoms with Crippen molar-refractivity contribution in [3.8, 4) is 0 Å². The van der Waals surface area contributed by atoms with Crippen LogP contribution in [0.1, 0.15) is 12.5 Å². The van der Waals surface area contributed by atoms with Gasteiger partial charge in [-0.1, -0.05) is 65.7 Å². The summed E-state index contributed by atoms with van der Waals surface area (Å²) in [5.74, 6) is -1.05. The van der Waals surface area contributed by atoms with Crippen molar-refractivity contribution in [2.45, 2.75) is 12.5 Å². The fraction of sp³-hybridized carbons (Fsp3) is 0.136. The van der Waals surface area contributed by atoms with Gasteiger partial charge in [0.2, 0.25) is 5.91 Å². The van der Waals surface area contributed by atoms with Gasteiger partial charge in [0, 0.05) is 5.02 Å². The summed E-state index contributed by atoms with van der Waals surface area (Å²) >= 11 is 11.9. The zero-order chi connectivity index (χ0) is 21.5. The van der Waals surface area contributed by atoms with Gasteiger partial charge >= 0.3 is 6.03 Å². The van der Waals surface area contributed by atoms with E-state index in [0.717, 1.165) is 15.7 Å². The third kappa shape index (κ3) is 3.49. The first-order chi connectivity index (χ1) is 14.3. The lowest BCUT2D eigenvalue weighted by Gasteiger charge is -2.24. The third-order valence-corrected chi connectivity index (χ3v) is 5.66. The van der Waals surface area contributed by atoms with Gasteiger partial charge in [0.1, 0.15) is 12.1 Å². The summed E-state index contributed by atoms with van der Waals surface area (Å²) in [5, 5.41) is 7.83. The Morgan fingerprint density at radius 2 is 1.80 bits per heavy atom. The van der Waals surface area contributed by atoms with Crippen LogP contribution in [0.25, 0.3) is 10.8 Å². The fourth-order valence-electron chi connectivity index (χ4n) is 3.61. The number of urea groups is 1. The Morgan fingerprint density at radius 1 is 1.07 bits per heavy atom. The minimum atomic E-state index is -1.28. The fourth-order valence-corrected chi connectivity index (χ4v) is 4.06. The summed E-state index contributed by atoms with van der Waals surface area (Å²) < 4.78 is 0. The molecule has 152 valence electrons. The van der Waals surface area contributed by atoms with Crippen molar-refractivity contribution in [1.82, 2.24) is 10.2 Å². The number of nitrogens with one attached hydrogen (secondary N) is 2. The molecule has 2 N–H and O–H groups in total. The molecule has 0 aromatic heterocycles. The molecule has 0 spiro atoms. The number of rotatable bonds is 4. The Morgan fingerprint density at radius 3 is 2.57 bits per heavy atom. The Balaban J connectivity index is 1.58. The summed E-state index contributed by atoms with van der Waals surface area (Å²) in [5.41, 5.74) is -0.270. The monoisotopic (exact) mass is 441 g/mol. The largest absolute Gasteiger partial charge is 0.325 e. The second-order valence-electron chi connectivity index (χ2n) is 7.15. The molecular weight excluding hydrogens is 425 g/mol. The molecule has 0 radical (unpaired) electrons. The van der Waals surface area contributed by atoms with Crippen LogP contribution in [-0.4, -0.2) is 29.3 Å². The number of carbonyl (C=O) groups is 3. The highest BCUT2D eigenvalue weighted by atomic mass is 35.5. The molecule has 1 atom stereocenters. The van der Waals surface area contributed by atoms with Gasteiger partial charge in [-0.2, -0.15) is 0 Å². The van der Waals surface area contributed by atoms with Crippen molar-refractivity contribution in [2.75, 3.05) is 11.9 Å². The molecule has 8 heteroatoms. The maximum absolute atomic E-state index is 13.2. The van der Waals surface area contributed by atoms with Gasteiger partial charge in [-0.05, 0) is 41.5 Å². The van der Waals surface area contributed by atoms with Gasteiger partial charge in [-0.3, -0.25) is 14.5 Å².